The molecule has 0 aliphatic carbocycles. The molecule has 2 aromatic carbocycles. The van der Waals surface area contributed by atoms with Gasteiger partial charge in [-0.25, -0.2) is 5.43 Å². The van der Waals surface area contributed by atoms with Gasteiger partial charge in [0.25, 0.3) is 11.8 Å². The summed E-state index contributed by atoms with van der Waals surface area (Å²) in [7, 11) is 0. The molecule has 24 heavy (non-hydrogen) atoms. The van der Waals surface area contributed by atoms with E-state index in [9.17, 15) is 9.59 Å². The molecular weight excluding hydrogens is 417 g/mol. The lowest BCUT2D eigenvalue weighted by Gasteiger charge is -2.05. The third-order valence-corrected chi connectivity index (χ3v) is 3.91. The summed E-state index contributed by atoms with van der Waals surface area (Å²) in [6, 6.07) is 16.9. The molecule has 2 N–H and O–H groups in total. The highest BCUT2D eigenvalue weighted by Crippen LogP contribution is 2.10. The van der Waals surface area contributed by atoms with Crippen molar-refractivity contribution in [3.8, 4) is 0 Å². The second-order valence-electron chi connectivity index (χ2n) is 4.75. The van der Waals surface area contributed by atoms with Gasteiger partial charge in [0.15, 0.2) is 0 Å². The number of nitrogens with one attached hydrogen (secondary N) is 2. The summed E-state index contributed by atoms with van der Waals surface area (Å²) in [6.45, 7) is -0.135. The number of benzene rings is 2. The molecular formula is C18H16IN3O2. The fraction of sp³-hybridized carbons (Fsp3) is 0.0556. The van der Waals surface area contributed by atoms with E-state index < -0.39 is 5.91 Å². The summed E-state index contributed by atoms with van der Waals surface area (Å²) < 4.78 is 0.831. The van der Waals surface area contributed by atoms with Gasteiger partial charge in [-0.1, -0.05) is 48.5 Å². The van der Waals surface area contributed by atoms with Gasteiger partial charge >= 0.3 is 0 Å². The van der Waals surface area contributed by atoms with E-state index in [4.69, 9.17) is 0 Å². The Bertz CT molecular complexity index is 758. The van der Waals surface area contributed by atoms with E-state index in [0.717, 1.165) is 9.13 Å². The molecule has 2 aromatic rings. The van der Waals surface area contributed by atoms with E-state index in [1.54, 1.807) is 18.2 Å². The van der Waals surface area contributed by atoms with E-state index in [1.165, 1.54) is 6.21 Å². The summed E-state index contributed by atoms with van der Waals surface area (Å²) in [5.74, 6) is -0.679. The number of carbonyl (C=O) groups is 2. The van der Waals surface area contributed by atoms with Crippen molar-refractivity contribution in [1.29, 1.82) is 0 Å². The van der Waals surface area contributed by atoms with Crippen LogP contribution in [0.3, 0.4) is 0 Å². The lowest BCUT2D eigenvalue weighted by atomic mass is 10.2. The first kappa shape index (κ1) is 17.9. The first-order chi connectivity index (χ1) is 11.7. The van der Waals surface area contributed by atoms with Crippen LogP contribution in [-0.2, 0) is 4.79 Å². The van der Waals surface area contributed by atoms with E-state index in [2.05, 4.69) is 38.4 Å². The van der Waals surface area contributed by atoms with Crippen molar-refractivity contribution < 1.29 is 9.59 Å². The maximum atomic E-state index is 12.0. The van der Waals surface area contributed by atoms with Crippen LogP contribution < -0.4 is 10.7 Å². The van der Waals surface area contributed by atoms with Crippen molar-refractivity contribution in [2.75, 3.05) is 6.54 Å². The molecule has 122 valence electrons. The Balaban J connectivity index is 1.73. The summed E-state index contributed by atoms with van der Waals surface area (Å²) in [5, 5.41) is 6.35. The summed E-state index contributed by atoms with van der Waals surface area (Å²) in [5.41, 5.74) is 3.94. The summed E-state index contributed by atoms with van der Waals surface area (Å²) >= 11 is 2.08. The lowest BCUT2D eigenvalue weighted by molar-refractivity contribution is -0.120. The number of hydrazone groups is 1. The largest absolute Gasteiger partial charge is 0.343 e. The highest BCUT2D eigenvalue weighted by Gasteiger charge is 2.09. The minimum Gasteiger partial charge on any atom is -0.343 e. The molecule has 0 fully saturated rings. The minimum atomic E-state index is -0.390. The Morgan fingerprint density at radius 2 is 1.75 bits per heavy atom. The first-order valence-corrected chi connectivity index (χ1v) is 8.31. The monoisotopic (exact) mass is 433 g/mol. The molecule has 5 nitrogen and oxygen atoms in total. The molecule has 0 radical (unpaired) electrons. The third-order valence-electron chi connectivity index (χ3n) is 2.97. The zero-order chi connectivity index (χ0) is 17.2. The number of halogens is 1. The predicted molar refractivity (Wildman–Crippen MR) is 104 cm³/mol. The van der Waals surface area contributed by atoms with Crippen molar-refractivity contribution in [3.05, 3.63) is 75.4 Å². The minimum absolute atomic E-state index is 0.135. The predicted octanol–water partition coefficient (Wildman–Crippen LogP) is 2.84. The van der Waals surface area contributed by atoms with E-state index >= 15 is 0 Å². The fourth-order valence-electron chi connectivity index (χ4n) is 1.81. The van der Waals surface area contributed by atoms with Gasteiger partial charge in [-0.3, -0.25) is 9.59 Å². The van der Waals surface area contributed by atoms with Crippen LogP contribution in [0.5, 0.6) is 0 Å². The highest BCUT2D eigenvalue weighted by atomic mass is 127. The molecule has 0 atom stereocenters. The molecule has 0 aliphatic rings. The first-order valence-electron chi connectivity index (χ1n) is 7.23. The average molecular weight is 433 g/mol. The van der Waals surface area contributed by atoms with Gasteiger partial charge in [-0.2, -0.15) is 5.10 Å². The fourth-order valence-corrected chi connectivity index (χ4v) is 2.44. The maximum Gasteiger partial charge on any atom is 0.259 e. The van der Waals surface area contributed by atoms with Crippen molar-refractivity contribution >= 4 is 46.7 Å². The molecule has 0 saturated carbocycles. The number of hydrogen-bond donors (Lipinski definition) is 2. The molecule has 2 amide bonds. The molecule has 0 aromatic heterocycles. The standard InChI is InChI=1S/C18H16IN3O2/c19-16-11-5-4-10-15(16)18(24)20-13-17(23)22-21-12-6-9-14-7-2-1-3-8-14/h1-12H,13H2,(H,20,24)(H,22,23)/b9-6+,21-12-. The van der Waals surface area contributed by atoms with E-state index in [-0.39, 0.29) is 12.5 Å². The number of rotatable bonds is 6. The molecule has 0 aliphatic heterocycles. The van der Waals surface area contributed by atoms with Crippen LogP contribution in [-0.4, -0.2) is 24.6 Å². The Hall–Kier alpha value is -2.48. The number of carbonyl (C=O) groups excluding carboxylic acids is 2. The van der Waals surface area contributed by atoms with Crippen molar-refractivity contribution in [1.82, 2.24) is 10.7 Å². The summed E-state index contributed by atoms with van der Waals surface area (Å²) in [4.78, 5) is 23.6. The Labute approximate surface area is 154 Å². The quantitative estimate of drug-likeness (QED) is 0.418. The van der Waals surface area contributed by atoms with Gasteiger partial charge in [-0.15, -0.1) is 0 Å². The molecule has 0 unspecified atom stereocenters. The van der Waals surface area contributed by atoms with Gasteiger partial charge in [0.2, 0.25) is 0 Å². The van der Waals surface area contributed by atoms with Gasteiger partial charge in [0, 0.05) is 9.78 Å². The Morgan fingerprint density at radius 1 is 1.04 bits per heavy atom. The zero-order valence-corrected chi connectivity index (χ0v) is 14.9. The van der Waals surface area contributed by atoms with Crippen LogP contribution >= 0.6 is 22.6 Å². The van der Waals surface area contributed by atoms with Gasteiger partial charge < -0.3 is 5.32 Å². The van der Waals surface area contributed by atoms with Gasteiger partial charge in [0.1, 0.15) is 0 Å². The van der Waals surface area contributed by atoms with Crippen LogP contribution in [0.1, 0.15) is 15.9 Å². The third kappa shape index (κ3) is 5.96. The smallest absolute Gasteiger partial charge is 0.259 e. The van der Waals surface area contributed by atoms with Crippen LogP contribution in [0, 0.1) is 3.57 Å². The van der Waals surface area contributed by atoms with Gasteiger partial charge in [-0.05, 0) is 46.4 Å². The number of nitrogens with zero attached hydrogens (tertiary/aromatic N) is 1. The molecule has 6 heteroatoms. The highest BCUT2D eigenvalue weighted by molar-refractivity contribution is 14.1. The number of allylic oxidation sites excluding steroid dienone is 1. The van der Waals surface area contributed by atoms with Crippen molar-refractivity contribution in [2.24, 2.45) is 5.10 Å². The normalized spacial score (nSPS) is 10.9. The molecule has 0 heterocycles. The van der Waals surface area contributed by atoms with Crippen molar-refractivity contribution in [2.45, 2.75) is 0 Å². The van der Waals surface area contributed by atoms with Gasteiger partial charge in [0.05, 0.1) is 12.1 Å². The zero-order valence-electron chi connectivity index (χ0n) is 12.8. The molecule has 0 saturated heterocycles. The Morgan fingerprint density at radius 3 is 2.50 bits per heavy atom. The summed E-state index contributed by atoms with van der Waals surface area (Å²) in [6.07, 6.45) is 5.07. The van der Waals surface area contributed by atoms with Crippen LogP contribution in [0.2, 0.25) is 0 Å². The average Bonchev–Trinajstić information content (AvgIpc) is 2.60. The van der Waals surface area contributed by atoms with Crippen LogP contribution in [0.15, 0.2) is 65.8 Å². The van der Waals surface area contributed by atoms with Crippen LogP contribution in [0.25, 0.3) is 6.08 Å². The number of amides is 2. The lowest BCUT2D eigenvalue weighted by Crippen LogP contribution is -2.35. The van der Waals surface area contributed by atoms with Crippen LogP contribution in [0.4, 0.5) is 0 Å². The molecule has 0 bridgehead atoms. The van der Waals surface area contributed by atoms with Crippen molar-refractivity contribution in [3.63, 3.8) is 0 Å². The number of hydrogen-bond acceptors (Lipinski definition) is 3. The second kappa shape index (κ2) is 9.61. The molecule has 0 spiro atoms. The SMILES string of the molecule is O=C(CNC(=O)c1ccccc1I)N/N=C\C=C\c1ccccc1. The second-order valence-corrected chi connectivity index (χ2v) is 5.91. The van der Waals surface area contributed by atoms with E-state index in [1.807, 2.05) is 48.5 Å². The Kier molecular flexibility index (Phi) is 7.16. The maximum absolute atomic E-state index is 12.0. The van der Waals surface area contributed by atoms with E-state index in [0.29, 0.717) is 5.56 Å². The molecule has 2 rings (SSSR count). The topological polar surface area (TPSA) is 70.6 Å².